The maximum absolute atomic E-state index is 15.0. The SMILES string of the molecule is CCCc1cc(Cl)cc(C2=NC3(CCC(C(C)(NC)NC)CC3)C(C)C(C(CCC(C)(C)Cl)c3ccc(C(=O)CCC(=N)N)cc3)C2=O)c1. The number of carbonyl (C=O) groups excluding carboxylic acids is 2. The summed E-state index contributed by atoms with van der Waals surface area (Å²) in [5.74, 6) is -0.0622. The Morgan fingerprint density at radius 3 is 2.27 bits per heavy atom. The molecular weight excluding hydrogens is 653 g/mol. The third-order valence-corrected chi connectivity index (χ3v) is 11.9. The van der Waals surface area contributed by atoms with Crippen molar-refractivity contribution in [3.05, 3.63) is 69.7 Å². The predicted octanol–water partition coefficient (Wildman–Crippen LogP) is 8.48. The predicted molar refractivity (Wildman–Crippen MR) is 205 cm³/mol. The van der Waals surface area contributed by atoms with Crippen LogP contribution in [0.2, 0.25) is 5.02 Å². The average molecular weight is 711 g/mol. The maximum Gasteiger partial charge on any atom is 0.185 e. The van der Waals surface area contributed by atoms with Gasteiger partial charge in [-0.2, -0.15) is 0 Å². The molecule has 0 bridgehead atoms. The molecule has 2 aromatic rings. The van der Waals surface area contributed by atoms with Gasteiger partial charge in [0.2, 0.25) is 0 Å². The van der Waals surface area contributed by atoms with E-state index in [4.69, 9.17) is 39.3 Å². The summed E-state index contributed by atoms with van der Waals surface area (Å²) in [5, 5.41) is 15.1. The van der Waals surface area contributed by atoms with E-state index >= 15 is 4.79 Å². The minimum atomic E-state index is -0.443. The Hall–Kier alpha value is -2.58. The van der Waals surface area contributed by atoms with E-state index in [9.17, 15) is 4.79 Å². The molecule has 3 atom stereocenters. The van der Waals surface area contributed by atoms with Gasteiger partial charge in [-0.15, -0.1) is 11.6 Å². The molecule has 4 rings (SSSR count). The topological polar surface area (TPSA) is 120 Å². The van der Waals surface area contributed by atoms with Crippen LogP contribution in [0.25, 0.3) is 0 Å². The van der Waals surface area contributed by atoms with Crippen molar-refractivity contribution in [1.29, 1.82) is 5.41 Å². The first-order valence-corrected chi connectivity index (χ1v) is 18.8. The van der Waals surface area contributed by atoms with Crippen LogP contribution in [0.1, 0.15) is 125 Å². The minimum absolute atomic E-state index is 0.00186. The van der Waals surface area contributed by atoms with E-state index in [1.165, 1.54) is 0 Å². The first kappa shape index (κ1) is 39.2. The largest absolute Gasteiger partial charge is 0.388 e. The third-order valence-electron chi connectivity index (χ3n) is 11.5. The summed E-state index contributed by atoms with van der Waals surface area (Å²) in [6.45, 7) is 10.6. The molecule has 7 nitrogen and oxygen atoms in total. The number of halogens is 2. The van der Waals surface area contributed by atoms with Gasteiger partial charge >= 0.3 is 0 Å². The second-order valence-corrected chi connectivity index (χ2v) is 16.7. The van der Waals surface area contributed by atoms with Gasteiger partial charge in [0.05, 0.1) is 17.0 Å². The molecule has 268 valence electrons. The molecule has 0 amide bonds. The van der Waals surface area contributed by atoms with Crippen LogP contribution in [0.3, 0.4) is 0 Å². The highest BCUT2D eigenvalue weighted by Crippen LogP contribution is 2.52. The Morgan fingerprint density at radius 2 is 1.71 bits per heavy atom. The minimum Gasteiger partial charge on any atom is -0.388 e. The number of aliphatic imine (C=N–C) groups is 1. The third kappa shape index (κ3) is 9.21. The molecular formula is C40H57Cl2N5O2. The Labute approximate surface area is 304 Å². The normalized spacial score (nSPS) is 23.7. The molecule has 1 fully saturated rings. The number of nitrogens with zero attached hydrogens (tertiary/aromatic N) is 1. The standard InChI is InChI=1S/C40H57Cl2N5O2/c1-8-9-26-22-29(24-31(41)23-26)36-37(49)35(25(2)40(47-36)20-16-30(17-21-40)39(5,45-6)46-7)32(18-19-38(3,4)42)27-10-12-28(13-11-27)33(48)14-15-34(43)44/h10-13,22-25,30,32,35,45-46H,8-9,14-21H2,1-7H3,(H3,43,44). The van der Waals surface area contributed by atoms with E-state index in [1.807, 2.05) is 64.3 Å². The van der Waals surface area contributed by atoms with Crippen LogP contribution < -0.4 is 16.4 Å². The fourth-order valence-corrected chi connectivity index (χ4v) is 8.58. The number of nitrogens with two attached hydrogens (primary N) is 1. The zero-order chi connectivity index (χ0) is 36.1. The average Bonchev–Trinajstić information content (AvgIpc) is 3.06. The van der Waals surface area contributed by atoms with Crippen LogP contribution in [0, 0.1) is 23.2 Å². The lowest BCUT2D eigenvalue weighted by Crippen LogP contribution is -2.60. The summed E-state index contributed by atoms with van der Waals surface area (Å²) in [7, 11) is 4.01. The van der Waals surface area contributed by atoms with Crippen molar-refractivity contribution in [2.24, 2.45) is 28.5 Å². The molecule has 49 heavy (non-hydrogen) atoms. The monoisotopic (exact) mass is 709 g/mol. The first-order valence-electron chi connectivity index (χ1n) is 18.0. The summed E-state index contributed by atoms with van der Waals surface area (Å²) < 4.78 is 0. The summed E-state index contributed by atoms with van der Waals surface area (Å²) in [6.07, 6.45) is 7.43. The number of hydrogen-bond donors (Lipinski definition) is 4. The number of Topliss-reactive ketones (excluding diaryl/α,β-unsaturated/α-hetero) is 2. The lowest BCUT2D eigenvalue weighted by atomic mass is 9.58. The molecule has 5 N–H and O–H groups in total. The van der Waals surface area contributed by atoms with Gasteiger partial charge in [-0.05, 0) is 127 Å². The number of benzene rings is 2. The van der Waals surface area contributed by atoms with Gasteiger partial charge in [0.15, 0.2) is 11.6 Å². The molecule has 0 radical (unpaired) electrons. The van der Waals surface area contributed by atoms with Crippen molar-refractivity contribution in [2.75, 3.05) is 14.1 Å². The quantitative estimate of drug-likeness (QED) is 0.0486. The fourth-order valence-electron chi connectivity index (χ4n) is 8.21. The summed E-state index contributed by atoms with van der Waals surface area (Å²) >= 11 is 13.5. The van der Waals surface area contributed by atoms with Crippen molar-refractivity contribution in [2.45, 2.75) is 121 Å². The number of amidine groups is 1. The van der Waals surface area contributed by atoms with E-state index in [-0.39, 0.29) is 53.7 Å². The highest BCUT2D eigenvalue weighted by Gasteiger charge is 2.53. The molecule has 1 aliphatic carbocycles. The summed E-state index contributed by atoms with van der Waals surface area (Å²) in [4.78, 5) is 32.9. The summed E-state index contributed by atoms with van der Waals surface area (Å²) in [6, 6.07) is 13.7. The van der Waals surface area contributed by atoms with Crippen LogP contribution in [-0.4, -0.2) is 53.3 Å². The van der Waals surface area contributed by atoms with E-state index in [2.05, 4.69) is 37.5 Å². The van der Waals surface area contributed by atoms with Crippen molar-refractivity contribution in [3.63, 3.8) is 0 Å². The number of aryl methyl sites for hydroxylation is 1. The van der Waals surface area contributed by atoms with Crippen LogP contribution >= 0.6 is 23.2 Å². The van der Waals surface area contributed by atoms with Crippen LogP contribution in [0.15, 0.2) is 47.5 Å². The van der Waals surface area contributed by atoms with Gasteiger partial charge in [0.1, 0.15) is 5.71 Å². The second kappa shape index (κ2) is 16.2. The van der Waals surface area contributed by atoms with E-state index in [1.54, 1.807) is 0 Å². The van der Waals surface area contributed by atoms with E-state index < -0.39 is 10.4 Å². The Bertz CT molecular complexity index is 1520. The molecule has 3 unspecified atom stereocenters. The smallest absolute Gasteiger partial charge is 0.185 e. The molecule has 1 aliphatic heterocycles. The van der Waals surface area contributed by atoms with Gasteiger partial charge in [-0.25, -0.2) is 0 Å². The molecule has 9 heteroatoms. The van der Waals surface area contributed by atoms with Crippen molar-refractivity contribution in [3.8, 4) is 0 Å². The van der Waals surface area contributed by atoms with Crippen LogP contribution in [-0.2, 0) is 11.2 Å². The van der Waals surface area contributed by atoms with Gasteiger partial charge in [0, 0.05) is 39.8 Å². The van der Waals surface area contributed by atoms with Crippen LogP contribution in [0.4, 0.5) is 0 Å². The molecule has 0 saturated heterocycles. The number of hydrogen-bond acceptors (Lipinski definition) is 6. The molecule has 2 aliphatic rings. The zero-order valence-electron chi connectivity index (χ0n) is 30.5. The zero-order valence-corrected chi connectivity index (χ0v) is 32.0. The van der Waals surface area contributed by atoms with Gasteiger partial charge in [-0.1, -0.05) is 56.1 Å². The number of alkyl halides is 1. The van der Waals surface area contributed by atoms with Gasteiger partial charge in [0.25, 0.3) is 0 Å². The van der Waals surface area contributed by atoms with Crippen LogP contribution in [0.5, 0.6) is 0 Å². The Balaban J connectivity index is 1.82. The Kier molecular flexibility index (Phi) is 12.9. The van der Waals surface area contributed by atoms with Crippen molar-refractivity contribution >= 4 is 46.3 Å². The Morgan fingerprint density at radius 1 is 1.08 bits per heavy atom. The highest BCUT2D eigenvalue weighted by atomic mass is 35.5. The highest BCUT2D eigenvalue weighted by molar-refractivity contribution is 6.48. The fraction of sp³-hybridized carbons (Fsp3) is 0.600. The van der Waals surface area contributed by atoms with Crippen molar-refractivity contribution in [1.82, 2.24) is 10.6 Å². The maximum atomic E-state index is 15.0. The van der Waals surface area contributed by atoms with E-state index in [0.717, 1.165) is 68.1 Å². The van der Waals surface area contributed by atoms with Gasteiger partial charge < -0.3 is 16.4 Å². The van der Waals surface area contributed by atoms with E-state index in [0.29, 0.717) is 22.2 Å². The molecule has 1 saturated carbocycles. The molecule has 1 spiro atoms. The lowest BCUT2D eigenvalue weighted by Gasteiger charge is -2.51. The number of ketones is 2. The number of rotatable bonds is 15. The van der Waals surface area contributed by atoms with Gasteiger partial charge in [-0.3, -0.25) is 20.0 Å². The molecule has 1 heterocycles. The number of nitrogens with one attached hydrogen (secondary N) is 3. The van der Waals surface area contributed by atoms with Crippen molar-refractivity contribution < 1.29 is 9.59 Å². The second-order valence-electron chi connectivity index (χ2n) is 15.3. The first-order chi connectivity index (χ1) is 23.1. The summed E-state index contributed by atoms with van der Waals surface area (Å²) in [5.41, 5.74) is 8.97. The molecule has 0 aromatic heterocycles. The lowest BCUT2D eigenvalue weighted by molar-refractivity contribution is -0.121. The molecule has 2 aromatic carbocycles. The number of carbonyl (C=O) groups is 2.